The molecule has 0 aliphatic rings. The van der Waals surface area contributed by atoms with Gasteiger partial charge in [0.15, 0.2) is 11.5 Å². The number of Topliss-reactive ketones (excluding diaryl/α,β-unsaturated/α-hetero) is 1. The average Bonchev–Trinajstić information content (AvgIpc) is 2.57. The van der Waals surface area contributed by atoms with E-state index in [9.17, 15) is 9.59 Å². The molecule has 0 aromatic carbocycles. The van der Waals surface area contributed by atoms with Crippen LogP contribution < -0.4 is 11.1 Å². The normalized spacial score (nSPS) is 9.88. The largest absolute Gasteiger partial charge is 0.364 e. The van der Waals surface area contributed by atoms with Gasteiger partial charge in [-0.3, -0.25) is 14.2 Å². The molecule has 0 saturated carbocycles. The first-order chi connectivity index (χ1) is 7.43. The van der Waals surface area contributed by atoms with Crippen molar-refractivity contribution in [2.75, 3.05) is 11.9 Å². The summed E-state index contributed by atoms with van der Waals surface area (Å²) in [6, 6.07) is 0. The second-order valence-corrected chi connectivity index (χ2v) is 3.47. The Morgan fingerprint density at radius 3 is 2.62 bits per heavy atom. The number of amides is 1. The summed E-state index contributed by atoms with van der Waals surface area (Å²) < 4.78 is 1.48. The summed E-state index contributed by atoms with van der Waals surface area (Å²) in [4.78, 5) is 26.0. The molecule has 0 radical (unpaired) electrons. The van der Waals surface area contributed by atoms with Crippen molar-refractivity contribution < 1.29 is 9.59 Å². The van der Waals surface area contributed by atoms with Crippen LogP contribution in [0.25, 0.3) is 5.70 Å². The van der Waals surface area contributed by atoms with Crippen LogP contribution in [0.2, 0.25) is 0 Å². The maximum Gasteiger partial charge on any atom is 0.269 e. The number of primary amides is 1. The van der Waals surface area contributed by atoms with Crippen molar-refractivity contribution in [3.8, 4) is 0 Å². The maximum absolute atomic E-state index is 11.2. The number of hydrogen-bond acceptors (Lipinski definition) is 4. The standard InChI is InChI=1S/C10H14N4O2/c1-6(2)14-5-13-10(8(14)9(11)16)12-4-7(3)15/h5,12H,1,4H2,2-3H3,(H2,11,16). The molecule has 1 aromatic rings. The summed E-state index contributed by atoms with van der Waals surface area (Å²) in [7, 11) is 0. The predicted molar refractivity (Wildman–Crippen MR) is 60.9 cm³/mol. The Bertz CT molecular complexity index is 448. The van der Waals surface area contributed by atoms with Crippen LogP contribution >= 0.6 is 0 Å². The Morgan fingerprint density at radius 2 is 2.19 bits per heavy atom. The molecule has 0 aliphatic heterocycles. The van der Waals surface area contributed by atoms with Crippen molar-refractivity contribution >= 4 is 23.2 Å². The lowest BCUT2D eigenvalue weighted by Gasteiger charge is -2.06. The van der Waals surface area contributed by atoms with E-state index in [1.165, 1.54) is 17.8 Å². The fraction of sp³-hybridized carbons (Fsp3) is 0.300. The van der Waals surface area contributed by atoms with Gasteiger partial charge < -0.3 is 11.1 Å². The molecule has 86 valence electrons. The molecule has 6 nitrogen and oxygen atoms in total. The summed E-state index contributed by atoms with van der Waals surface area (Å²) in [5, 5.41) is 2.75. The minimum atomic E-state index is -0.619. The average molecular weight is 222 g/mol. The van der Waals surface area contributed by atoms with Crippen LogP contribution in [-0.4, -0.2) is 27.8 Å². The number of nitrogens with zero attached hydrogens (tertiary/aromatic N) is 2. The number of aromatic nitrogens is 2. The lowest BCUT2D eigenvalue weighted by molar-refractivity contribution is -0.115. The third kappa shape index (κ3) is 2.47. The van der Waals surface area contributed by atoms with Crippen LogP contribution in [0, 0.1) is 0 Å². The van der Waals surface area contributed by atoms with Gasteiger partial charge in [-0.2, -0.15) is 0 Å². The molecule has 0 aliphatic carbocycles. The van der Waals surface area contributed by atoms with E-state index in [0.717, 1.165) is 0 Å². The number of ketones is 1. The summed E-state index contributed by atoms with van der Waals surface area (Å²) >= 11 is 0. The van der Waals surface area contributed by atoms with Gasteiger partial charge in [-0.25, -0.2) is 4.98 Å². The zero-order chi connectivity index (χ0) is 12.3. The SMILES string of the molecule is C=C(C)n1cnc(NCC(C)=O)c1C(N)=O. The van der Waals surface area contributed by atoms with Gasteiger partial charge >= 0.3 is 0 Å². The highest BCUT2D eigenvalue weighted by molar-refractivity contribution is 5.97. The Balaban J connectivity index is 3.05. The molecule has 1 aromatic heterocycles. The van der Waals surface area contributed by atoms with E-state index in [4.69, 9.17) is 5.73 Å². The zero-order valence-corrected chi connectivity index (χ0v) is 9.28. The second-order valence-electron chi connectivity index (χ2n) is 3.47. The molecule has 0 saturated heterocycles. The molecule has 1 rings (SSSR count). The predicted octanol–water partition coefficient (Wildman–Crippen LogP) is 0.473. The van der Waals surface area contributed by atoms with Crippen molar-refractivity contribution in [3.05, 3.63) is 18.6 Å². The van der Waals surface area contributed by atoms with Gasteiger partial charge in [-0.1, -0.05) is 6.58 Å². The van der Waals surface area contributed by atoms with E-state index in [1.807, 2.05) is 0 Å². The molecule has 3 N–H and O–H groups in total. The smallest absolute Gasteiger partial charge is 0.269 e. The van der Waals surface area contributed by atoms with E-state index in [0.29, 0.717) is 11.5 Å². The molecular weight excluding hydrogens is 208 g/mol. The van der Waals surface area contributed by atoms with Gasteiger partial charge in [-0.15, -0.1) is 0 Å². The van der Waals surface area contributed by atoms with Crippen molar-refractivity contribution in [1.29, 1.82) is 0 Å². The number of allylic oxidation sites excluding steroid dienone is 1. The number of imidazole rings is 1. The fourth-order valence-corrected chi connectivity index (χ4v) is 1.21. The number of nitrogens with two attached hydrogens (primary N) is 1. The van der Waals surface area contributed by atoms with Crippen LogP contribution in [0.15, 0.2) is 12.9 Å². The van der Waals surface area contributed by atoms with Crippen LogP contribution in [0.1, 0.15) is 24.3 Å². The number of carbonyl (C=O) groups is 2. The minimum absolute atomic E-state index is 0.0553. The first kappa shape index (κ1) is 12.0. The molecule has 6 heteroatoms. The highest BCUT2D eigenvalue weighted by Gasteiger charge is 2.16. The number of anilines is 1. The summed E-state index contributed by atoms with van der Waals surface area (Å²) in [5.41, 5.74) is 6.06. The third-order valence-corrected chi connectivity index (χ3v) is 1.92. The van der Waals surface area contributed by atoms with E-state index < -0.39 is 5.91 Å². The molecule has 0 unspecified atom stereocenters. The van der Waals surface area contributed by atoms with Gasteiger partial charge in [0.25, 0.3) is 5.91 Å². The van der Waals surface area contributed by atoms with Gasteiger partial charge in [-0.05, 0) is 13.8 Å². The Kier molecular flexibility index (Phi) is 3.44. The van der Waals surface area contributed by atoms with Crippen molar-refractivity contribution in [3.63, 3.8) is 0 Å². The van der Waals surface area contributed by atoms with Gasteiger partial charge in [0.2, 0.25) is 0 Å². The molecule has 1 heterocycles. The number of hydrogen-bond donors (Lipinski definition) is 2. The molecule has 1 amide bonds. The quantitative estimate of drug-likeness (QED) is 0.757. The van der Waals surface area contributed by atoms with Crippen molar-refractivity contribution in [2.24, 2.45) is 5.73 Å². The van der Waals surface area contributed by atoms with Crippen LogP contribution in [0.5, 0.6) is 0 Å². The van der Waals surface area contributed by atoms with Crippen molar-refractivity contribution in [2.45, 2.75) is 13.8 Å². The van der Waals surface area contributed by atoms with Crippen molar-refractivity contribution in [1.82, 2.24) is 9.55 Å². The molecule has 0 atom stereocenters. The number of nitrogens with one attached hydrogen (secondary N) is 1. The van der Waals surface area contributed by atoms with E-state index >= 15 is 0 Å². The number of carbonyl (C=O) groups excluding carboxylic acids is 2. The zero-order valence-electron chi connectivity index (χ0n) is 9.28. The Hall–Kier alpha value is -2.11. The lowest BCUT2D eigenvalue weighted by atomic mass is 10.3. The van der Waals surface area contributed by atoms with Crippen LogP contribution in [0.3, 0.4) is 0 Å². The summed E-state index contributed by atoms with van der Waals surface area (Å²) in [6.45, 7) is 6.96. The minimum Gasteiger partial charge on any atom is -0.364 e. The lowest BCUT2D eigenvalue weighted by Crippen LogP contribution is -2.19. The van der Waals surface area contributed by atoms with Crippen LogP contribution in [-0.2, 0) is 4.79 Å². The molecule has 0 bridgehead atoms. The monoisotopic (exact) mass is 222 g/mol. The van der Waals surface area contributed by atoms with E-state index in [-0.39, 0.29) is 18.0 Å². The molecule has 0 spiro atoms. The first-order valence-corrected chi connectivity index (χ1v) is 4.69. The topological polar surface area (TPSA) is 90.0 Å². The van der Waals surface area contributed by atoms with E-state index in [1.54, 1.807) is 6.92 Å². The fourth-order valence-electron chi connectivity index (χ4n) is 1.21. The Morgan fingerprint density at radius 1 is 1.56 bits per heavy atom. The van der Waals surface area contributed by atoms with Crippen LogP contribution in [0.4, 0.5) is 5.82 Å². The highest BCUT2D eigenvalue weighted by atomic mass is 16.1. The summed E-state index contributed by atoms with van der Waals surface area (Å²) in [6.07, 6.45) is 1.44. The van der Waals surface area contributed by atoms with Gasteiger partial charge in [0.1, 0.15) is 12.1 Å². The highest BCUT2D eigenvalue weighted by Crippen LogP contribution is 2.16. The molecular formula is C10H14N4O2. The second kappa shape index (κ2) is 4.61. The molecule has 16 heavy (non-hydrogen) atoms. The Labute approximate surface area is 93.1 Å². The summed E-state index contributed by atoms with van der Waals surface area (Å²) in [5.74, 6) is -0.377. The molecule has 0 fully saturated rings. The maximum atomic E-state index is 11.2. The third-order valence-electron chi connectivity index (χ3n) is 1.92. The van der Waals surface area contributed by atoms with Gasteiger partial charge in [0, 0.05) is 5.70 Å². The first-order valence-electron chi connectivity index (χ1n) is 4.69. The van der Waals surface area contributed by atoms with Gasteiger partial charge in [0.05, 0.1) is 6.54 Å². The number of rotatable bonds is 5. The van der Waals surface area contributed by atoms with E-state index in [2.05, 4.69) is 16.9 Å².